The number of anilines is 1. The predicted molar refractivity (Wildman–Crippen MR) is 106 cm³/mol. The third-order valence-electron chi connectivity index (χ3n) is 4.82. The van der Waals surface area contributed by atoms with Crippen LogP contribution in [0.2, 0.25) is 0 Å². The molecule has 1 aliphatic rings. The smallest absolute Gasteiger partial charge is 0.243 e. The molecule has 28 heavy (non-hydrogen) atoms. The van der Waals surface area contributed by atoms with Crippen molar-refractivity contribution in [2.24, 2.45) is 5.92 Å². The zero-order valence-electron chi connectivity index (χ0n) is 15.9. The lowest BCUT2D eigenvalue weighted by Gasteiger charge is -2.30. The third kappa shape index (κ3) is 4.45. The van der Waals surface area contributed by atoms with Crippen molar-refractivity contribution in [2.45, 2.75) is 17.7 Å². The van der Waals surface area contributed by atoms with Crippen molar-refractivity contribution in [3.8, 4) is 11.5 Å². The Balaban J connectivity index is 1.63. The summed E-state index contributed by atoms with van der Waals surface area (Å²) in [4.78, 5) is 12.9. The zero-order valence-corrected chi connectivity index (χ0v) is 16.7. The molecule has 8 heteroatoms. The van der Waals surface area contributed by atoms with Gasteiger partial charge in [0.05, 0.1) is 19.1 Å². The number of hydrogen-bond donors (Lipinski definition) is 1. The van der Waals surface area contributed by atoms with E-state index in [9.17, 15) is 13.2 Å². The van der Waals surface area contributed by atoms with Gasteiger partial charge in [0.1, 0.15) is 11.5 Å². The SMILES string of the molecule is COc1cc(NC(=O)C2CCN(S(=O)(=O)c3ccccc3)CC2)cc(OC)c1. The summed E-state index contributed by atoms with van der Waals surface area (Å²) in [6, 6.07) is 13.5. The minimum Gasteiger partial charge on any atom is -0.497 e. The van der Waals surface area contributed by atoms with Gasteiger partial charge in [-0.15, -0.1) is 0 Å². The van der Waals surface area contributed by atoms with E-state index in [2.05, 4.69) is 5.32 Å². The number of methoxy groups -OCH3 is 2. The van der Waals surface area contributed by atoms with Crippen LogP contribution in [-0.4, -0.2) is 45.9 Å². The first-order valence-electron chi connectivity index (χ1n) is 9.03. The van der Waals surface area contributed by atoms with Crippen molar-refractivity contribution in [3.63, 3.8) is 0 Å². The second kappa shape index (κ2) is 8.62. The Morgan fingerprint density at radius 2 is 1.57 bits per heavy atom. The van der Waals surface area contributed by atoms with Gasteiger partial charge in [0.15, 0.2) is 0 Å². The van der Waals surface area contributed by atoms with Crippen molar-refractivity contribution in [1.82, 2.24) is 4.31 Å². The van der Waals surface area contributed by atoms with Crippen LogP contribution in [-0.2, 0) is 14.8 Å². The largest absolute Gasteiger partial charge is 0.497 e. The van der Waals surface area contributed by atoms with E-state index in [4.69, 9.17) is 9.47 Å². The Morgan fingerprint density at radius 1 is 1.00 bits per heavy atom. The summed E-state index contributed by atoms with van der Waals surface area (Å²) in [5.41, 5.74) is 0.584. The molecule has 0 radical (unpaired) electrons. The fourth-order valence-electron chi connectivity index (χ4n) is 3.22. The zero-order chi connectivity index (χ0) is 20.1. The van der Waals surface area contributed by atoms with E-state index in [1.165, 1.54) is 4.31 Å². The predicted octanol–water partition coefficient (Wildman–Crippen LogP) is 2.74. The summed E-state index contributed by atoms with van der Waals surface area (Å²) in [6.07, 6.45) is 0.942. The third-order valence-corrected chi connectivity index (χ3v) is 6.74. The molecule has 150 valence electrons. The first-order valence-corrected chi connectivity index (χ1v) is 10.5. The van der Waals surface area contributed by atoms with Crippen molar-refractivity contribution < 1.29 is 22.7 Å². The summed E-state index contributed by atoms with van der Waals surface area (Å²) in [6.45, 7) is 0.632. The summed E-state index contributed by atoms with van der Waals surface area (Å²) < 4.78 is 37.3. The van der Waals surface area contributed by atoms with Gasteiger partial charge < -0.3 is 14.8 Å². The molecule has 1 aliphatic heterocycles. The maximum absolute atomic E-state index is 12.7. The minimum atomic E-state index is -3.52. The van der Waals surface area contributed by atoms with E-state index in [0.29, 0.717) is 43.1 Å². The molecule has 1 amide bonds. The van der Waals surface area contributed by atoms with Crippen LogP contribution in [0.15, 0.2) is 53.4 Å². The molecule has 0 saturated carbocycles. The quantitative estimate of drug-likeness (QED) is 0.800. The van der Waals surface area contributed by atoms with Crippen molar-refractivity contribution >= 4 is 21.6 Å². The number of piperidine rings is 1. The van der Waals surface area contributed by atoms with Crippen LogP contribution >= 0.6 is 0 Å². The number of sulfonamides is 1. The fraction of sp³-hybridized carbons (Fsp3) is 0.350. The first-order chi connectivity index (χ1) is 13.4. The number of carbonyl (C=O) groups is 1. The van der Waals surface area contributed by atoms with Gasteiger partial charge in [-0.3, -0.25) is 4.79 Å². The molecule has 1 fully saturated rings. The highest BCUT2D eigenvalue weighted by molar-refractivity contribution is 7.89. The molecular weight excluding hydrogens is 380 g/mol. The van der Waals surface area contributed by atoms with E-state index in [-0.39, 0.29) is 16.7 Å². The van der Waals surface area contributed by atoms with Crippen molar-refractivity contribution in [3.05, 3.63) is 48.5 Å². The maximum Gasteiger partial charge on any atom is 0.243 e. The summed E-state index contributed by atoms with van der Waals surface area (Å²) in [7, 11) is -0.430. The topological polar surface area (TPSA) is 84.9 Å². The summed E-state index contributed by atoms with van der Waals surface area (Å²) in [5.74, 6) is 0.781. The van der Waals surface area contributed by atoms with Crippen LogP contribution in [0.4, 0.5) is 5.69 Å². The van der Waals surface area contributed by atoms with Crippen LogP contribution < -0.4 is 14.8 Å². The molecule has 1 saturated heterocycles. The standard InChI is InChI=1S/C20H24N2O5S/c1-26-17-12-16(13-18(14-17)27-2)21-20(23)15-8-10-22(11-9-15)28(24,25)19-6-4-3-5-7-19/h3-7,12-15H,8-11H2,1-2H3,(H,21,23). The normalized spacial score (nSPS) is 15.8. The number of ether oxygens (including phenoxy) is 2. The molecule has 0 atom stereocenters. The van der Waals surface area contributed by atoms with Crippen molar-refractivity contribution in [2.75, 3.05) is 32.6 Å². The molecule has 3 rings (SSSR count). The number of rotatable bonds is 6. The molecule has 2 aromatic rings. The average molecular weight is 404 g/mol. The van der Waals surface area contributed by atoms with Crippen LogP contribution in [0, 0.1) is 5.92 Å². The Morgan fingerprint density at radius 3 is 2.11 bits per heavy atom. The Kier molecular flexibility index (Phi) is 6.21. The molecule has 0 aliphatic carbocycles. The maximum atomic E-state index is 12.7. The number of carbonyl (C=O) groups excluding carboxylic acids is 1. The minimum absolute atomic E-state index is 0.132. The van der Waals surface area contributed by atoms with E-state index in [1.54, 1.807) is 62.8 Å². The van der Waals surface area contributed by atoms with Crippen LogP contribution in [0.5, 0.6) is 11.5 Å². The number of benzene rings is 2. The number of hydrogen-bond acceptors (Lipinski definition) is 5. The lowest BCUT2D eigenvalue weighted by Crippen LogP contribution is -2.41. The lowest BCUT2D eigenvalue weighted by molar-refractivity contribution is -0.120. The Bertz CT molecular complexity index is 901. The molecule has 0 bridgehead atoms. The van der Waals surface area contributed by atoms with Crippen LogP contribution in [0.1, 0.15) is 12.8 Å². The van der Waals surface area contributed by atoms with Gasteiger partial charge in [0, 0.05) is 42.9 Å². The second-order valence-corrected chi connectivity index (χ2v) is 8.52. The highest BCUT2D eigenvalue weighted by Gasteiger charge is 2.32. The fourth-order valence-corrected chi connectivity index (χ4v) is 4.71. The Labute approximate surface area is 165 Å². The van der Waals surface area contributed by atoms with E-state index in [1.807, 2.05) is 0 Å². The van der Waals surface area contributed by atoms with Gasteiger partial charge in [0.2, 0.25) is 15.9 Å². The molecule has 2 aromatic carbocycles. The Hall–Kier alpha value is -2.58. The van der Waals surface area contributed by atoms with Crippen LogP contribution in [0.25, 0.3) is 0 Å². The van der Waals surface area contributed by atoms with Gasteiger partial charge >= 0.3 is 0 Å². The lowest BCUT2D eigenvalue weighted by atomic mass is 9.97. The molecule has 0 spiro atoms. The first kappa shape index (κ1) is 20.2. The van der Waals surface area contributed by atoms with Gasteiger partial charge in [-0.2, -0.15) is 4.31 Å². The van der Waals surface area contributed by atoms with Crippen LogP contribution in [0.3, 0.4) is 0 Å². The highest BCUT2D eigenvalue weighted by atomic mass is 32.2. The molecule has 0 unspecified atom stereocenters. The molecule has 1 heterocycles. The average Bonchev–Trinajstić information content (AvgIpc) is 2.74. The van der Waals surface area contributed by atoms with Gasteiger partial charge in [-0.25, -0.2) is 8.42 Å². The molecule has 1 N–H and O–H groups in total. The molecular formula is C20H24N2O5S. The van der Waals surface area contributed by atoms with Gasteiger partial charge in [-0.1, -0.05) is 18.2 Å². The summed E-state index contributed by atoms with van der Waals surface area (Å²) >= 11 is 0. The molecule has 7 nitrogen and oxygen atoms in total. The second-order valence-electron chi connectivity index (χ2n) is 6.58. The van der Waals surface area contributed by atoms with E-state index in [0.717, 1.165) is 0 Å². The number of nitrogens with one attached hydrogen (secondary N) is 1. The number of nitrogens with zero attached hydrogens (tertiary/aromatic N) is 1. The van der Waals surface area contributed by atoms with Gasteiger partial charge in [0.25, 0.3) is 0 Å². The number of amides is 1. The summed E-state index contributed by atoms with van der Waals surface area (Å²) in [5, 5.41) is 2.88. The van der Waals surface area contributed by atoms with E-state index >= 15 is 0 Å². The monoisotopic (exact) mass is 404 g/mol. The highest BCUT2D eigenvalue weighted by Crippen LogP contribution is 2.28. The molecule has 0 aromatic heterocycles. The van der Waals surface area contributed by atoms with Crippen molar-refractivity contribution in [1.29, 1.82) is 0 Å². The van der Waals surface area contributed by atoms with Gasteiger partial charge in [-0.05, 0) is 25.0 Å². The van der Waals surface area contributed by atoms with E-state index < -0.39 is 10.0 Å².